The first-order valence-corrected chi connectivity index (χ1v) is 11.0. The number of fused-ring (bicyclic) bond motifs is 5. The fourth-order valence-electron chi connectivity index (χ4n) is 7.30. The van der Waals surface area contributed by atoms with E-state index >= 15 is 0 Å². The van der Waals surface area contributed by atoms with Crippen molar-refractivity contribution in [3.63, 3.8) is 0 Å². The van der Waals surface area contributed by atoms with Crippen molar-refractivity contribution in [3.05, 3.63) is 23.3 Å². The number of hydrogen-bond donors (Lipinski definition) is 2. The van der Waals surface area contributed by atoms with Crippen LogP contribution in [-0.4, -0.2) is 52.3 Å². The van der Waals surface area contributed by atoms with Crippen molar-refractivity contribution in [1.82, 2.24) is 0 Å². The van der Waals surface area contributed by atoms with Crippen molar-refractivity contribution in [2.45, 2.75) is 64.6 Å². The second-order valence-electron chi connectivity index (χ2n) is 10.2. The molecule has 0 spiro atoms. The van der Waals surface area contributed by atoms with Gasteiger partial charge in [-0.3, -0.25) is 19.2 Å². The molecule has 4 rings (SSSR count). The normalized spacial score (nSPS) is 43.7. The average Bonchev–Trinajstić information content (AvgIpc) is 2.97. The predicted octanol–water partition coefficient (Wildman–Crippen LogP) is 1.70. The first-order valence-electron chi connectivity index (χ1n) is 11.0. The molecular weight excluding hydrogens is 400 g/mol. The zero-order valence-electron chi connectivity index (χ0n) is 18.2. The van der Waals surface area contributed by atoms with E-state index in [1.165, 1.54) is 6.92 Å². The summed E-state index contributed by atoms with van der Waals surface area (Å²) in [7, 11) is 0. The highest BCUT2D eigenvalue weighted by atomic mass is 16.5. The minimum atomic E-state index is -1.66. The summed E-state index contributed by atoms with van der Waals surface area (Å²) in [5.41, 5.74) is -2.07. The van der Waals surface area contributed by atoms with Gasteiger partial charge in [0.15, 0.2) is 18.7 Å². The molecule has 4 aliphatic carbocycles. The number of aldehydes is 1. The predicted molar refractivity (Wildman–Crippen MR) is 110 cm³/mol. The summed E-state index contributed by atoms with van der Waals surface area (Å²) in [6.07, 6.45) is 5.56. The Balaban J connectivity index is 1.69. The van der Waals surface area contributed by atoms with E-state index in [1.807, 2.05) is 13.8 Å². The number of aliphatic hydroxyl groups excluding tert-OH is 1. The number of ketones is 2. The third-order valence-corrected chi connectivity index (χ3v) is 8.78. The molecule has 0 bridgehead atoms. The number of esters is 1. The largest absolute Gasteiger partial charge is 0.458 e. The van der Waals surface area contributed by atoms with Crippen molar-refractivity contribution < 1.29 is 34.1 Å². The summed E-state index contributed by atoms with van der Waals surface area (Å²) < 4.78 is 4.87. The van der Waals surface area contributed by atoms with Crippen LogP contribution in [0.1, 0.15) is 52.9 Å². The van der Waals surface area contributed by atoms with Crippen LogP contribution in [0, 0.1) is 28.6 Å². The summed E-state index contributed by atoms with van der Waals surface area (Å²) in [5.74, 6) is -1.57. The highest BCUT2D eigenvalue weighted by Gasteiger charge is 2.68. The van der Waals surface area contributed by atoms with Crippen molar-refractivity contribution in [2.24, 2.45) is 28.6 Å². The molecule has 0 aliphatic heterocycles. The molecule has 7 heteroatoms. The number of carbonyl (C=O) groups excluding carboxylic acids is 4. The lowest BCUT2D eigenvalue weighted by molar-refractivity contribution is -0.181. The average molecular weight is 430 g/mol. The molecule has 7 atom stereocenters. The fourth-order valence-corrected chi connectivity index (χ4v) is 7.30. The maximum atomic E-state index is 12.9. The molecule has 4 aliphatic rings. The Kier molecular flexibility index (Phi) is 5.13. The maximum Gasteiger partial charge on any atom is 0.303 e. The zero-order valence-corrected chi connectivity index (χ0v) is 18.2. The van der Waals surface area contributed by atoms with Crippen LogP contribution in [0.4, 0.5) is 0 Å². The molecule has 0 heterocycles. The van der Waals surface area contributed by atoms with Gasteiger partial charge in [-0.15, -0.1) is 0 Å². The van der Waals surface area contributed by atoms with Crippen LogP contribution in [0.15, 0.2) is 23.3 Å². The molecule has 2 N–H and O–H groups in total. The van der Waals surface area contributed by atoms with Gasteiger partial charge in [0.1, 0.15) is 5.60 Å². The second-order valence-corrected chi connectivity index (χ2v) is 10.2. The molecule has 0 saturated heterocycles. The Morgan fingerprint density at radius 1 is 1.29 bits per heavy atom. The first-order chi connectivity index (χ1) is 14.5. The molecule has 0 aromatic rings. The highest BCUT2D eigenvalue weighted by molar-refractivity contribution is 6.18. The molecule has 0 aromatic heterocycles. The fraction of sp³-hybridized carbons (Fsp3) is 0.667. The lowest BCUT2D eigenvalue weighted by Gasteiger charge is -2.59. The van der Waals surface area contributed by atoms with Crippen LogP contribution >= 0.6 is 0 Å². The monoisotopic (exact) mass is 430 g/mol. The topological polar surface area (TPSA) is 118 Å². The van der Waals surface area contributed by atoms with E-state index in [2.05, 4.69) is 0 Å². The number of Topliss-reactive ketones (excluding diaryl/α,β-unsaturated/α-hetero) is 1. The lowest BCUT2D eigenvalue weighted by Crippen LogP contribution is -2.61. The Labute approximate surface area is 181 Å². The summed E-state index contributed by atoms with van der Waals surface area (Å²) in [4.78, 5) is 47.7. The Morgan fingerprint density at radius 3 is 2.65 bits per heavy atom. The van der Waals surface area contributed by atoms with Crippen molar-refractivity contribution in [3.8, 4) is 0 Å². The van der Waals surface area contributed by atoms with E-state index in [0.717, 1.165) is 12.0 Å². The summed E-state index contributed by atoms with van der Waals surface area (Å²) in [5, 5.41) is 22.8. The van der Waals surface area contributed by atoms with Crippen LogP contribution in [-0.2, 0) is 23.9 Å². The Bertz CT molecular complexity index is 917. The van der Waals surface area contributed by atoms with Gasteiger partial charge in [0, 0.05) is 23.7 Å². The quantitative estimate of drug-likeness (QED) is 0.396. The van der Waals surface area contributed by atoms with Gasteiger partial charge in [-0.2, -0.15) is 0 Å². The summed E-state index contributed by atoms with van der Waals surface area (Å²) >= 11 is 0. The minimum absolute atomic E-state index is 0.00346. The molecule has 168 valence electrons. The zero-order chi connectivity index (χ0) is 22.8. The van der Waals surface area contributed by atoms with Crippen LogP contribution in [0.25, 0.3) is 0 Å². The van der Waals surface area contributed by atoms with E-state index < -0.39 is 40.9 Å². The van der Waals surface area contributed by atoms with E-state index in [4.69, 9.17) is 4.74 Å². The first kappa shape index (κ1) is 22.1. The number of aliphatic hydroxyl groups is 2. The van der Waals surface area contributed by atoms with Crippen molar-refractivity contribution in [2.75, 3.05) is 6.61 Å². The van der Waals surface area contributed by atoms with Gasteiger partial charge in [-0.05, 0) is 50.0 Å². The van der Waals surface area contributed by atoms with Gasteiger partial charge in [-0.1, -0.05) is 25.5 Å². The smallest absolute Gasteiger partial charge is 0.303 e. The SMILES string of the molecule is CC(=O)OCC(=O)[C@@]1(O)CC[C@H]2[C@@H]3CCC4=CC(=O)C(C=O)=C[C@]4(C)[C@H]3[C@@H](O)C[C@@]21C. The number of rotatable bonds is 4. The van der Waals surface area contributed by atoms with Crippen molar-refractivity contribution >= 4 is 23.8 Å². The molecular formula is C24H30O7. The summed E-state index contributed by atoms with van der Waals surface area (Å²) in [6.45, 7) is 4.58. The van der Waals surface area contributed by atoms with E-state index in [-0.39, 0.29) is 42.0 Å². The Morgan fingerprint density at radius 2 is 2.00 bits per heavy atom. The third-order valence-electron chi connectivity index (χ3n) is 8.78. The van der Waals surface area contributed by atoms with Gasteiger partial charge in [-0.25, -0.2) is 0 Å². The molecule has 0 aromatic carbocycles. The van der Waals surface area contributed by atoms with Crippen LogP contribution in [0.2, 0.25) is 0 Å². The molecule has 31 heavy (non-hydrogen) atoms. The van der Waals surface area contributed by atoms with Gasteiger partial charge in [0.05, 0.1) is 11.7 Å². The minimum Gasteiger partial charge on any atom is -0.458 e. The van der Waals surface area contributed by atoms with Gasteiger partial charge >= 0.3 is 5.97 Å². The highest BCUT2D eigenvalue weighted by Crippen LogP contribution is 2.67. The Hall–Kier alpha value is -2.12. The van der Waals surface area contributed by atoms with Crippen LogP contribution in [0.3, 0.4) is 0 Å². The molecule has 0 unspecified atom stereocenters. The molecule has 0 radical (unpaired) electrons. The third kappa shape index (κ3) is 3.00. The van der Waals surface area contributed by atoms with E-state index in [1.54, 1.807) is 12.2 Å². The van der Waals surface area contributed by atoms with E-state index in [9.17, 15) is 29.4 Å². The van der Waals surface area contributed by atoms with Crippen LogP contribution < -0.4 is 0 Å². The number of allylic oxidation sites excluding steroid dienone is 4. The number of ether oxygens (including phenoxy) is 1. The van der Waals surface area contributed by atoms with Crippen molar-refractivity contribution in [1.29, 1.82) is 0 Å². The second kappa shape index (κ2) is 7.20. The van der Waals surface area contributed by atoms with Gasteiger partial charge in [0.2, 0.25) is 5.78 Å². The molecule has 7 nitrogen and oxygen atoms in total. The number of hydrogen-bond acceptors (Lipinski definition) is 7. The number of carbonyl (C=O) groups is 4. The lowest BCUT2D eigenvalue weighted by atomic mass is 9.46. The molecule has 3 saturated carbocycles. The summed E-state index contributed by atoms with van der Waals surface area (Å²) in [6, 6.07) is 0. The van der Waals surface area contributed by atoms with E-state index in [0.29, 0.717) is 19.1 Å². The maximum absolute atomic E-state index is 12.9. The molecule has 0 amide bonds. The standard InChI is InChI=1S/C24H30O7/c1-13(26)31-12-20(29)24(30)7-6-17-16-5-4-15-8-18(27)14(11-25)9-22(15,2)21(16)19(28)10-23(17,24)3/h8-9,11,16-17,19,21,28,30H,4-7,10,12H2,1-3H3/t16-,17-,19-,21+,22-,23-,24-/m0/s1. The molecule has 3 fully saturated rings. The van der Waals surface area contributed by atoms with Gasteiger partial charge in [0.25, 0.3) is 0 Å². The van der Waals surface area contributed by atoms with Gasteiger partial charge < -0.3 is 14.9 Å². The van der Waals surface area contributed by atoms with Crippen LogP contribution in [0.5, 0.6) is 0 Å².